The molecule has 6 nitrogen and oxygen atoms in total. The van der Waals surface area contributed by atoms with Crippen LogP contribution in [-0.4, -0.2) is 62.0 Å². The molecule has 2 amide bonds. The van der Waals surface area contributed by atoms with Gasteiger partial charge in [-0.25, -0.2) is 0 Å². The number of carbonyl (C=O) groups excluding carboxylic acids is 2. The number of carbonyl (C=O) groups is 2. The van der Waals surface area contributed by atoms with Crippen molar-refractivity contribution in [2.45, 2.75) is 25.7 Å². The summed E-state index contributed by atoms with van der Waals surface area (Å²) in [5, 5.41) is 0. The van der Waals surface area contributed by atoms with Gasteiger partial charge in [-0.15, -0.1) is 3.89 Å². The van der Waals surface area contributed by atoms with Gasteiger partial charge in [-0.3, -0.25) is 9.59 Å². The molecule has 8 heteroatoms. The predicted molar refractivity (Wildman–Crippen MR) is 70.0 cm³/mol. The third-order valence-electron chi connectivity index (χ3n) is 3.76. The van der Waals surface area contributed by atoms with E-state index < -0.39 is 21.9 Å². The van der Waals surface area contributed by atoms with Gasteiger partial charge in [0.1, 0.15) is 0 Å². The Kier molecular flexibility index (Phi) is 4.62. The van der Waals surface area contributed by atoms with Gasteiger partial charge in [0.25, 0.3) is 0 Å². The molecule has 2 heterocycles. The molecular weight excluding hydrogens is 287 g/mol. The van der Waals surface area contributed by atoms with Crippen LogP contribution in [0.4, 0.5) is 3.89 Å². The number of hydrogen-bond acceptors (Lipinski definition) is 4. The molecule has 0 aromatic heterocycles. The third-order valence-corrected chi connectivity index (χ3v) is 4.63. The Bertz CT molecular complexity index is 494. The Morgan fingerprint density at radius 1 is 1.15 bits per heavy atom. The number of likely N-dealkylation sites (tertiary alicyclic amines) is 2. The first-order valence-corrected chi connectivity index (χ1v) is 8.38. The minimum atomic E-state index is -4.53. The lowest BCUT2D eigenvalue weighted by Crippen LogP contribution is -2.31. The minimum absolute atomic E-state index is 0.0891. The molecule has 0 radical (unpaired) electrons. The first-order chi connectivity index (χ1) is 9.35. The van der Waals surface area contributed by atoms with Crippen LogP contribution in [0.15, 0.2) is 0 Å². The molecular formula is C12H19FN2O4S. The Balaban J connectivity index is 1.73. The van der Waals surface area contributed by atoms with E-state index in [1.54, 1.807) is 9.80 Å². The fourth-order valence-electron chi connectivity index (χ4n) is 2.86. The SMILES string of the molecule is O=C1CCCN1CCCN1CC(CS(=O)(=O)F)CC1=O. The van der Waals surface area contributed by atoms with E-state index in [0.717, 1.165) is 13.0 Å². The molecule has 2 aliphatic heterocycles. The number of hydrogen-bond donors (Lipinski definition) is 0. The molecule has 2 aliphatic rings. The predicted octanol–water partition coefficient (Wildman–Crippen LogP) is 0.147. The van der Waals surface area contributed by atoms with E-state index in [1.807, 2.05) is 0 Å². The molecule has 0 spiro atoms. The van der Waals surface area contributed by atoms with E-state index in [9.17, 15) is 21.9 Å². The zero-order chi connectivity index (χ0) is 14.8. The summed E-state index contributed by atoms with van der Waals surface area (Å²) in [6.45, 7) is 2.17. The summed E-state index contributed by atoms with van der Waals surface area (Å²) in [6.07, 6.45) is 2.25. The van der Waals surface area contributed by atoms with Gasteiger partial charge in [-0.05, 0) is 12.8 Å². The number of amides is 2. The topological polar surface area (TPSA) is 74.8 Å². The van der Waals surface area contributed by atoms with Gasteiger partial charge in [0, 0.05) is 44.9 Å². The molecule has 2 saturated heterocycles. The van der Waals surface area contributed by atoms with Crippen LogP contribution in [0.25, 0.3) is 0 Å². The van der Waals surface area contributed by atoms with Crippen molar-refractivity contribution in [3.8, 4) is 0 Å². The summed E-state index contributed by atoms with van der Waals surface area (Å²) in [4.78, 5) is 26.4. The highest BCUT2D eigenvalue weighted by molar-refractivity contribution is 7.86. The Morgan fingerprint density at radius 3 is 2.45 bits per heavy atom. The minimum Gasteiger partial charge on any atom is -0.343 e. The van der Waals surface area contributed by atoms with E-state index in [2.05, 4.69) is 0 Å². The van der Waals surface area contributed by atoms with E-state index >= 15 is 0 Å². The second-order valence-electron chi connectivity index (χ2n) is 5.45. The lowest BCUT2D eigenvalue weighted by atomic mass is 10.1. The molecule has 1 unspecified atom stereocenters. The van der Waals surface area contributed by atoms with Crippen molar-refractivity contribution in [1.29, 1.82) is 0 Å². The standard InChI is InChI=1S/C12H19FN2O4S/c13-20(18,19)9-10-7-12(17)15(8-10)6-2-5-14-4-1-3-11(14)16/h10H,1-9H2. The van der Waals surface area contributed by atoms with Crippen molar-refractivity contribution in [3.05, 3.63) is 0 Å². The van der Waals surface area contributed by atoms with Crippen molar-refractivity contribution in [2.75, 3.05) is 31.9 Å². The van der Waals surface area contributed by atoms with Crippen LogP contribution in [0.1, 0.15) is 25.7 Å². The summed E-state index contributed by atoms with van der Waals surface area (Å²) in [7, 11) is -4.53. The Labute approximate surface area is 118 Å². The quantitative estimate of drug-likeness (QED) is 0.655. The van der Waals surface area contributed by atoms with E-state index in [4.69, 9.17) is 0 Å². The van der Waals surface area contributed by atoms with Crippen molar-refractivity contribution in [3.63, 3.8) is 0 Å². The maximum atomic E-state index is 12.6. The summed E-state index contributed by atoms with van der Waals surface area (Å²) < 4.78 is 33.8. The summed E-state index contributed by atoms with van der Waals surface area (Å²) >= 11 is 0. The van der Waals surface area contributed by atoms with Crippen LogP contribution < -0.4 is 0 Å². The van der Waals surface area contributed by atoms with E-state index in [-0.39, 0.29) is 24.8 Å². The van der Waals surface area contributed by atoms with Crippen molar-refractivity contribution in [1.82, 2.24) is 9.80 Å². The first kappa shape index (κ1) is 15.2. The molecule has 0 aliphatic carbocycles. The number of nitrogens with zero attached hydrogens (tertiary/aromatic N) is 2. The molecule has 2 rings (SSSR count). The largest absolute Gasteiger partial charge is 0.343 e. The molecule has 0 aromatic carbocycles. The van der Waals surface area contributed by atoms with Gasteiger partial charge >= 0.3 is 10.2 Å². The van der Waals surface area contributed by atoms with Crippen LogP contribution in [-0.2, 0) is 19.8 Å². The molecule has 1 atom stereocenters. The second kappa shape index (κ2) is 6.07. The van der Waals surface area contributed by atoms with Gasteiger partial charge in [-0.2, -0.15) is 8.42 Å². The Hall–Kier alpha value is -1.18. The summed E-state index contributed by atoms with van der Waals surface area (Å²) in [5.41, 5.74) is 0. The lowest BCUT2D eigenvalue weighted by Gasteiger charge is -2.19. The lowest BCUT2D eigenvalue weighted by molar-refractivity contribution is -0.128. The molecule has 114 valence electrons. The van der Waals surface area contributed by atoms with Crippen LogP contribution in [0.5, 0.6) is 0 Å². The highest BCUT2D eigenvalue weighted by Gasteiger charge is 2.32. The van der Waals surface area contributed by atoms with Crippen LogP contribution in [0.2, 0.25) is 0 Å². The van der Waals surface area contributed by atoms with E-state index in [1.165, 1.54) is 0 Å². The highest BCUT2D eigenvalue weighted by atomic mass is 32.3. The van der Waals surface area contributed by atoms with Crippen LogP contribution >= 0.6 is 0 Å². The average Bonchev–Trinajstić information content (AvgIpc) is 2.85. The second-order valence-corrected chi connectivity index (χ2v) is 6.86. The zero-order valence-corrected chi connectivity index (χ0v) is 12.1. The summed E-state index contributed by atoms with van der Waals surface area (Å²) in [5.74, 6) is -1.02. The monoisotopic (exact) mass is 306 g/mol. The maximum Gasteiger partial charge on any atom is 0.302 e. The number of rotatable bonds is 6. The smallest absolute Gasteiger partial charge is 0.302 e. The van der Waals surface area contributed by atoms with Gasteiger partial charge in [0.2, 0.25) is 11.8 Å². The van der Waals surface area contributed by atoms with Gasteiger partial charge in [0.15, 0.2) is 0 Å². The maximum absolute atomic E-state index is 12.6. The van der Waals surface area contributed by atoms with Gasteiger partial charge in [0.05, 0.1) is 5.75 Å². The molecule has 0 aromatic rings. The van der Waals surface area contributed by atoms with Crippen LogP contribution in [0, 0.1) is 5.92 Å². The van der Waals surface area contributed by atoms with Crippen LogP contribution in [0.3, 0.4) is 0 Å². The Morgan fingerprint density at radius 2 is 1.85 bits per heavy atom. The molecule has 0 N–H and O–H groups in total. The van der Waals surface area contributed by atoms with Gasteiger partial charge < -0.3 is 9.80 Å². The number of halogens is 1. The van der Waals surface area contributed by atoms with Crippen molar-refractivity contribution < 1.29 is 21.9 Å². The highest BCUT2D eigenvalue weighted by Crippen LogP contribution is 2.20. The fourth-order valence-corrected chi connectivity index (χ4v) is 3.64. The van der Waals surface area contributed by atoms with Crippen molar-refractivity contribution >= 4 is 22.0 Å². The third kappa shape index (κ3) is 4.16. The van der Waals surface area contributed by atoms with Crippen molar-refractivity contribution in [2.24, 2.45) is 5.92 Å². The molecule has 0 bridgehead atoms. The zero-order valence-electron chi connectivity index (χ0n) is 11.3. The van der Waals surface area contributed by atoms with Gasteiger partial charge in [-0.1, -0.05) is 0 Å². The first-order valence-electron chi connectivity index (χ1n) is 6.83. The molecule has 0 saturated carbocycles. The molecule has 2 fully saturated rings. The fraction of sp³-hybridized carbons (Fsp3) is 0.833. The van der Waals surface area contributed by atoms with E-state index in [0.29, 0.717) is 25.9 Å². The summed E-state index contributed by atoms with van der Waals surface area (Å²) in [6, 6.07) is 0. The average molecular weight is 306 g/mol. The normalized spacial score (nSPS) is 23.9. The molecule has 20 heavy (non-hydrogen) atoms.